The molecule has 0 aliphatic heterocycles. The number of aliphatic hydroxyl groups excluding tert-OH is 2. The standard InChI is InChI=1S/C14H28N2O5S/c17-8-5-12(18)11-15-6-4-13(19)16-7-10-22-9-2-1-3-14(20)21/h12,15,17-18H,1-11H2,(H,16,19)(H,20,21). The summed E-state index contributed by atoms with van der Waals surface area (Å²) in [7, 11) is 0. The number of aliphatic carboxylic acids is 1. The van der Waals surface area contributed by atoms with Crippen LogP contribution in [-0.2, 0) is 9.59 Å². The molecule has 0 radical (unpaired) electrons. The average molecular weight is 336 g/mol. The minimum Gasteiger partial charge on any atom is -0.481 e. The van der Waals surface area contributed by atoms with Gasteiger partial charge in [0.25, 0.3) is 0 Å². The Kier molecular flexibility index (Phi) is 14.5. The van der Waals surface area contributed by atoms with Crippen molar-refractivity contribution in [2.75, 3.05) is 37.7 Å². The molecule has 0 saturated carbocycles. The molecule has 130 valence electrons. The van der Waals surface area contributed by atoms with Gasteiger partial charge in [-0.25, -0.2) is 0 Å². The van der Waals surface area contributed by atoms with Gasteiger partial charge in [0.2, 0.25) is 5.91 Å². The van der Waals surface area contributed by atoms with Crippen molar-refractivity contribution in [3.8, 4) is 0 Å². The van der Waals surface area contributed by atoms with Crippen molar-refractivity contribution in [1.29, 1.82) is 0 Å². The number of rotatable bonds is 15. The maximum Gasteiger partial charge on any atom is 0.303 e. The molecule has 5 N–H and O–H groups in total. The van der Waals surface area contributed by atoms with Crippen LogP contribution in [0.1, 0.15) is 32.1 Å². The van der Waals surface area contributed by atoms with Crippen molar-refractivity contribution in [1.82, 2.24) is 10.6 Å². The number of amides is 1. The van der Waals surface area contributed by atoms with E-state index < -0.39 is 12.1 Å². The van der Waals surface area contributed by atoms with E-state index >= 15 is 0 Å². The van der Waals surface area contributed by atoms with E-state index in [0.29, 0.717) is 38.9 Å². The fraction of sp³-hybridized carbons (Fsp3) is 0.857. The highest BCUT2D eigenvalue weighted by molar-refractivity contribution is 7.99. The molecule has 0 aromatic rings. The van der Waals surface area contributed by atoms with Crippen LogP contribution in [0, 0.1) is 0 Å². The molecule has 0 aromatic carbocycles. The van der Waals surface area contributed by atoms with E-state index in [2.05, 4.69) is 10.6 Å². The lowest BCUT2D eigenvalue weighted by Crippen LogP contribution is -2.32. The van der Waals surface area contributed by atoms with Gasteiger partial charge in [0.1, 0.15) is 0 Å². The molecule has 0 aromatic heterocycles. The van der Waals surface area contributed by atoms with Crippen molar-refractivity contribution in [3.05, 3.63) is 0 Å². The predicted octanol–water partition coefficient (Wildman–Crippen LogP) is -0.186. The summed E-state index contributed by atoms with van der Waals surface area (Å²) in [5.41, 5.74) is 0. The zero-order valence-electron chi connectivity index (χ0n) is 12.9. The van der Waals surface area contributed by atoms with Gasteiger partial charge in [-0.3, -0.25) is 9.59 Å². The van der Waals surface area contributed by atoms with Gasteiger partial charge in [0, 0.05) is 44.8 Å². The molecular formula is C14H28N2O5S. The maximum absolute atomic E-state index is 11.5. The Labute approximate surface area is 135 Å². The van der Waals surface area contributed by atoms with Crippen LogP contribution in [-0.4, -0.2) is 71.0 Å². The van der Waals surface area contributed by atoms with Crippen LogP contribution in [0.25, 0.3) is 0 Å². The lowest BCUT2D eigenvalue weighted by atomic mass is 10.2. The molecule has 0 rings (SSSR count). The minimum atomic E-state index is -0.755. The molecule has 1 atom stereocenters. The Morgan fingerprint density at radius 2 is 1.86 bits per heavy atom. The third-order valence-electron chi connectivity index (χ3n) is 2.87. The SMILES string of the molecule is O=C(O)CCCCSCCNC(=O)CCNCC(O)CCO. The molecule has 22 heavy (non-hydrogen) atoms. The number of carbonyl (C=O) groups excluding carboxylic acids is 1. The zero-order chi connectivity index (χ0) is 16.6. The summed E-state index contributed by atoms with van der Waals surface area (Å²) in [6.07, 6.45) is 1.91. The van der Waals surface area contributed by atoms with E-state index in [-0.39, 0.29) is 18.9 Å². The van der Waals surface area contributed by atoms with Crippen molar-refractivity contribution in [2.24, 2.45) is 0 Å². The molecule has 8 heteroatoms. The van der Waals surface area contributed by atoms with Crippen LogP contribution in [0.3, 0.4) is 0 Å². The predicted molar refractivity (Wildman–Crippen MR) is 87.0 cm³/mol. The molecule has 0 aliphatic carbocycles. The van der Waals surface area contributed by atoms with E-state index in [1.165, 1.54) is 0 Å². The van der Waals surface area contributed by atoms with Gasteiger partial charge in [-0.15, -0.1) is 0 Å². The van der Waals surface area contributed by atoms with Gasteiger partial charge < -0.3 is 26.0 Å². The first kappa shape index (κ1) is 21.2. The Balaban J connectivity index is 3.27. The van der Waals surface area contributed by atoms with Gasteiger partial charge >= 0.3 is 5.97 Å². The normalized spacial score (nSPS) is 12.1. The van der Waals surface area contributed by atoms with E-state index in [4.69, 9.17) is 10.2 Å². The topological polar surface area (TPSA) is 119 Å². The van der Waals surface area contributed by atoms with E-state index in [1.54, 1.807) is 11.8 Å². The second-order valence-corrected chi connectivity index (χ2v) is 6.16. The second-order valence-electron chi connectivity index (χ2n) is 4.93. The summed E-state index contributed by atoms with van der Waals surface area (Å²) in [6, 6.07) is 0. The molecule has 7 nitrogen and oxygen atoms in total. The first-order chi connectivity index (χ1) is 10.6. The lowest BCUT2D eigenvalue weighted by molar-refractivity contribution is -0.137. The summed E-state index contributed by atoms with van der Waals surface area (Å²) in [5, 5.41) is 32.2. The smallest absolute Gasteiger partial charge is 0.303 e. The molecule has 0 fully saturated rings. The average Bonchev–Trinajstić information content (AvgIpc) is 2.46. The number of thioether (sulfide) groups is 1. The number of carboxylic acid groups (broad SMARTS) is 1. The fourth-order valence-electron chi connectivity index (χ4n) is 1.66. The van der Waals surface area contributed by atoms with Crippen molar-refractivity contribution in [3.63, 3.8) is 0 Å². The number of carbonyl (C=O) groups is 2. The molecule has 0 spiro atoms. The van der Waals surface area contributed by atoms with Crippen LogP contribution in [0.5, 0.6) is 0 Å². The number of hydrogen-bond acceptors (Lipinski definition) is 6. The summed E-state index contributed by atoms with van der Waals surface area (Å²) >= 11 is 1.70. The van der Waals surface area contributed by atoms with E-state index in [0.717, 1.165) is 17.9 Å². The Hall–Kier alpha value is -0.830. The van der Waals surface area contributed by atoms with Crippen LogP contribution in [0.15, 0.2) is 0 Å². The zero-order valence-corrected chi connectivity index (χ0v) is 13.7. The number of unbranched alkanes of at least 4 members (excludes halogenated alkanes) is 1. The van der Waals surface area contributed by atoms with Crippen LogP contribution >= 0.6 is 11.8 Å². The van der Waals surface area contributed by atoms with Crippen molar-refractivity contribution < 1.29 is 24.9 Å². The Bertz CT molecular complexity index is 305. The number of carboxylic acids is 1. The number of hydrogen-bond donors (Lipinski definition) is 5. The Morgan fingerprint density at radius 1 is 1.09 bits per heavy atom. The van der Waals surface area contributed by atoms with E-state index in [1.807, 2.05) is 0 Å². The third-order valence-corrected chi connectivity index (χ3v) is 3.94. The highest BCUT2D eigenvalue weighted by Crippen LogP contribution is 2.05. The highest BCUT2D eigenvalue weighted by Gasteiger charge is 2.04. The van der Waals surface area contributed by atoms with Gasteiger partial charge in [-0.1, -0.05) is 0 Å². The van der Waals surface area contributed by atoms with Gasteiger partial charge in [0.15, 0.2) is 0 Å². The molecule has 0 saturated heterocycles. The first-order valence-corrected chi connectivity index (χ1v) is 8.77. The second kappa shape index (κ2) is 15.1. The molecular weight excluding hydrogens is 308 g/mol. The summed E-state index contributed by atoms with van der Waals surface area (Å²) in [5.74, 6) is 0.944. The summed E-state index contributed by atoms with van der Waals surface area (Å²) in [6.45, 7) is 1.43. The van der Waals surface area contributed by atoms with Crippen molar-refractivity contribution >= 4 is 23.6 Å². The largest absolute Gasteiger partial charge is 0.481 e. The number of nitrogens with one attached hydrogen (secondary N) is 2. The maximum atomic E-state index is 11.5. The van der Waals surface area contributed by atoms with E-state index in [9.17, 15) is 14.7 Å². The molecule has 0 heterocycles. The molecule has 0 aliphatic rings. The first-order valence-electron chi connectivity index (χ1n) is 7.62. The molecule has 0 bridgehead atoms. The van der Waals surface area contributed by atoms with Gasteiger partial charge in [0.05, 0.1) is 6.10 Å². The van der Waals surface area contributed by atoms with Gasteiger partial charge in [-0.2, -0.15) is 11.8 Å². The summed E-state index contributed by atoms with van der Waals surface area (Å²) in [4.78, 5) is 21.8. The third kappa shape index (κ3) is 15.6. The minimum absolute atomic E-state index is 0.0318. The molecule has 1 amide bonds. The monoisotopic (exact) mass is 336 g/mol. The fourth-order valence-corrected chi connectivity index (χ4v) is 2.51. The highest BCUT2D eigenvalue weighted by atomic mass is 32.2. The van der Waals surface area contributed by atoms with Crippen LogP contribution < -0.4 is 10.6 Å². The number of aliphatic hydroxyl groups is 2. The van der Waals surface area contributed by atoms with Crippen molar-refractivity contribution in [2.45, 2.75) is 38.2 Å². The summed E-state index contributed by atoms with van der Waals surface area (Å²) < 4.78 is 0. The van der Waals surface area contributed by atoms with Gasteiger partial charge in [-0.05, 0) is 25.0 Å². The van der Waals surface area contributed by atoms with Crippen LogP contribution in [0.4, 0.5) is 0 Å². The van der Waals surface area contributed by atoms with Crippen LogP contribution in [0.2, 0.25) is 0 Å². The molecule has 1 unspecified atom stereocenters. The quantitative estimate of drug-likeness (QED) is 0.263. The Morgan fingerprint density at radius 3 is 2.55 bits per heavy atom. The lowest BCUT2D eigenvalue weighted by Gasteiger charge is -2.10.